The van der Waals surface area contributed by atoms with Gasteiger partial charge >= 0.3 is 11.9 Å². The van der Waals surface area contributed by atoms with E-state index in [1.807, 2.05) is 0 Å². The van der Waals surface area contributed by atoms with Gasteiger partial charge in [0.05, 0.1) is 0 Å². The van der Waals surface area contributed by atoms with E-state index in [1.54, 1.807) is 0 Å². The molecule has 1 fully saturated rings. The maximum absolute atomic E-state index is 11.7. The minimum atomic E-state index is -1.59. The van der Waals surface area contributed by atoms with E-state index in [0.717, 1.165) is 12.8 Å². The number of ketones is 1. The van der Waals surface area contributed by atoms with Gasteiger partial charge < -0.3 is 10.2 Å². The number of Topliss-reactive ketones (excluding diaryl/α,β-unsaturated/α-hetero) is 1. The van der Waals surface area contributed by atoms with Gasteiger partial charge in [0.2, 0.25) is 0 Å². The second-order valence-corrected chi connectivity index (χ2v) is 4.37. The molecule has 0 aromatic heterocycles. The number of carbonyl (C=O) groups is 3. The monoisotopic (exact) mass is 248 g/mol. The summed E-state index contributed by atoms with van der Waals surface area (Å²) < 4.78 is 0. The Morgan fingerprint density at radius 1 is 1.00 bits per heavy atom. The molecule has 1 aromatic rings. The number of rotatable bonds is 5. The summed E-state index contributed by atoms with van der Waals surface area (Å²) in [5.41, 5.74) is 0.679. The molecule has 5 heteroatoms. The third kappa shape index (κ3) is 2.40. The topological polar surface area (TPSA) is 91.7 Å². The number of carboxylic acid groups (broad SMARTS) is 2. The second kappa shape index (κ2) is 4.60. The normalized spacial score (nSPS) is 14.5. The summed E-state index contributed by atoms with van der Waals surface area (Å²) in [5.74, 6) is -4.28. The van der Waals surface area contributed by atoms with Crippen LogP contribution in [-0.2, 0) is 9.59 Å². The molecule has 0 aliphatic heterocycles. The van der Waals surface area contributed by atoms with Gasteiger partial charge in [-0.1, -0.05) is 24.3 Å². The molecule has 5 nitrogen and oxygen atoms in total. The van der Waals surface area contributed by atoms with Crippen molar-refractivity contribution in [3.05, 3.63) is 35.4 Å². The van der Waals surface area contributed by atoms with Crippen molar-refractivity contribution >= 4 is 17.7 Å². The zero-order chi connectivity index (χ0) is 13.3. The summed E-state index contributed by atoms with van der Waals surface area (Å²) in [4.78, 5) is 33.4. The first-order valence-corrected chi connectivity index (χ1v) is 5.60. The molecule has 0 saturated heterocycles. The number of hydrogen-bond acceptors (Lipinski definition) is 3. The summed E-state index contributed by atoms with van der Waals surface area (Å²) in [6.07, 6.45) is 1.79. The molecule has 0 radical (unpaired) electrons. The molecule has 1 aliphatic carbocycles. The van der Waals surface area contributed by atoms with Gasteiger partial charge in [0.1, 0.15) is 0 Å². The number of aliphatic carboxylic acids is 2. The number of benzene rings is 1. The Balaban J connectivity index is 2.22. The lowest BCUT2D eigenvalue weighted by atomic mass is 9.97. The van der Waals surface area contributed by atoms with Crippen LogP contribution in [0.1, 0.15) is 34.7 Å². The molecule has 0 spiro atoms. The smallest absolute Gasteiger partial charge is 0.322 e. The van der Waals surface area contributed by atoms with Crippen LogP contribution in [-0.4, -0.2) is 27.9 Å². The van der Waals surface area contributed by atoms with Crippen LogP contribution in [0.5, 0.6) is 0 Å². The van der Waals surface area contributed by atoms with Crippen molar-refractivity contribution in [2.24, 2.45) is 5.92 Å². The molecular weight excluding hydrogens is 236 g/mol. The van der Waals surface area contributed by atoms with Gasteiger partial charge in [-0.2, -0.15) is 0 Å². The van der Waals surface area contributed by atoms with Gasteiger partial charge in [-0.3, -0.25) is 14.4 Å². The quantitative estimate of drug-likeness (QED) is 0.609. The van der Waals surface area contributed by atoms with Crippen LogP contribution in [0.15, 0.2) is 24.3 Å². The van der Waals surface area contributed by atoms with Crippen molar-refractivity contribution in [2.75, 3.05) is 0 Å². The molecule has 0 atom stereocenters. The molecule has 2 rings (SSSR count). The van der Waals surface area contributed by atoms with Crippen molar-refractivity contribution in [3.8, 4) is 0 Å². The van der Waals surface area contributed by atoms with E-state index in [2.05, 4.69) is 0 Å². The Bertz CT molecular complexity index is 485. The van der Waals surface area contributed by atoms with E-state index in [1.165, 1.54) is 24.3 Å². The summed E-state index contributed by atoms with van der Waals surface area (Å²) in [6, 6.07) is 5.77. The van der Waals surface area contributed by atoms with Gasteiger partial charge in [0.25, 0.3) is 0 Å². The van der Waals surface area contributed by atoms with Gasteiger partial charge in [-0.25, -0.2) is 0 Å². The van der Waals surface area contributed by atoms with Crippen LogP contribution >= 0.6 is 0 Å². The highest BCUT2D eigenvalue weighted by molar-refractivity contribution is 6.01. The third-order valence-electron chi connectivity index (χ3n) is 2.97. The average molecular weight is 248 g/mol. The molecule has 0 heterocycles. The van der Waals surface area contributed by atoms with Gasteiger partial charge in [-0.15, -0.1) is 0 Å². The SMILES string of the molecule is O=C(c1ccc(C(C(=O)O)C(=O)O)cc1)C1CC1. The van der Waals surface area contributed by atoms with E-state index >= 15 is 0 Å². The van der Waals surface area contributed by atoms with E-state index in [0.29, 0.717) is 5.56 Å². The van der Waals surface area contributed by atoms with E-state index < -0.39 is 17.9 Å². The zero-order valence-electron chi connectivity index (χ0n) is 9.50. The molecular formula is C13H12O5. The fourth-order valence-corrected chi connectivity index (χ4v) is 1.81. The highest BCUT2D eigenvalue weighted by atomic mass is 16.4. The molecule has 0 amide bonds. The fourth-order valence-electron chi connectivity index (χ4n) is 1.81. The molecule has 18 heavy (non-hydrogen) atoms. The average Bonchev–Trinajstić information content (AvgIpc) is 3.12. The van der Waals surface area contributed by atoms with Crippen molar-refractivity contribution in [3.63, 3.8) is 0 Å². The molecule has 1 aliphatic rings. The van der Waals surface area contributed by atoms with E-state index in [-0.39, 0.29) is 17.3 Å². The minimum absolute atomic E-state index is 0.0451. The van der Waals surface area contributed by atoms with E-state index in [4.69, 9.17) is 10.2 Å². The van der Waals surface area contributed by atoms with Crippen LogP contribution in [0.2, 0.25) is 0 Å². The van der Waals surface area contributed by atoms with Crippen LogP contribution in [0, 0.1) is 5.92 Å². The first-order valence-electron chi connectivity index (χ1n) is 5.60. The fraction of sp³-hybridized carbons (Fsp3) is 0.308. The Labute approximate surface area is 103 Å². The lowest BCUT2D eigenvalue weighted by Crippen LogP contribution is -2.21. The molecule has 0 bridgehead atoms. The van der Waals surface area contributed by atoms with Crippen LogP contribution in [0.25, 0.3) is 0 Å². The second-order valence-electron chi connectivity index (χ2n) is 4.37. The third-order valence-corrected chi connectivity index (χ3v) is 2.97. The van der Waals surface area contributed by atoms with Crippen LogP contribution in [0.4, 0.5) is 0 Å². The molecule has 94 valence electrons. The van der Waals surface area contributed by atoms with Gasteiger partial charge in [-0.05, 0) is 18.4 Å². The maximum Gasteiger partial charge on any atom is 0.322 e. The van der Waals surface area contributed by atoms with Gasteiger partial charge in [0.15, 0.2) is 11.7 Å². The van der Waals surface area contributed by atoms with Crippen LogP contribution in [0.3, 0.4) is 0 Å². The standard InChI is InChI=1S/C13H12O5/c14-11(9-5-6-9)8-3-1-7(2-4-8)10(12(15)16)13(17)18/h1-4,9-10H,5-6H2,(H,15,16)(H,17,18). The molecule has 1 aromatic carbocycles. The Kier molecular flexibility index (Phi) is 3.14. The Morgan fingerprint density at radius 2 is 1.50 bits per heavy atom. The zero-order valence-corrected chi connectivity index (χ0v) is 9.50. The first kappa shape index (κ1) is 12.3. The van der Waals surface area contributed by atoms with Crippen molar-refractivity contribution < 1.29 is 24.6 Å². The highest BCUT2D eigenvalue weighted by Gasteiger charge is 2.31. The summed E-state index contributed by atoms with van der Waals surface area (Å²) in [5, 5.41) is 17.7. The maximum atomic E-state index is 11.7. The predicted octanol–water partition coefficient (Wildman–Crippen LogP) is 1.53. The number of carboxylic acids is 2. The van der Waals surface area contributed by atoms with Crippen molar-refractivity contribution in [2.45, 2.75) is 18.8 Å². The minimum Gasteiger partial charge on any atom is -0.480 e. The summed E-state index contributed by atoms with van der Waals surface area (Å²) in [7, 11) is 0. The molecule has 1 saturated carbocycles. The predicted molar refractivity (Wildman–Crippen MR) is 61.5 cm³/mol. The number of hydrogen-bond donors (Lipinski definition) is 2. The lowest BCUT2D eigenvalue weighted by molar-refractivity contribution is -0.150. The van der Waals surface area contributed by atoms with Crippen LogP contribution < -0.4 is 0 Å². The first-order chi connectivity index (χ1) is 8.50. The van der Waals surface area contributed by atoms with E-state index in [9.17, 15) is 14.4 Å². The Morgan fingerprint density at radius 3 is 1.89 bits per heavy atom. The lowest BCUT2D eigenvalue weighted by Gasteiger charge is -2.08. The molecule has 2 N–H and O–H groups in total. The highest BCUT2D eigenvalue weighted by Crippen LogP contribution is 2.32. The largest absolute Gasteiger partial charge is 0.480 e. The van der Waals surface area contributed by atoms with Crippen molar-refractivity contribution in [1.82, 2.24) is 0 Å². The van der Waals surface area contributed by atoms with Crippen molar-refractivity contribution in [1.29, 1.82) is 0 Å². The summed E-state index contributed by atoms with van der Waals surface area (Å²) >= 11 is 0. The summed E-state index contributed by atoms with van der Waals surface area (Å²) in [6.45, 7) is 0. The molecule has 0 unspecified atom stereocenters. The Hall–Kier alpha value is -2.17. The van der Waals surface area contributed by atoms with Gasteiger partial charge in [0, 0.05) is 11.5 Å². The number of carbonyl (C=O) groups excluding carboxylic acids is 1.